The lowest BCUT2D eigenvalue weighted by molar-refractivity contribution is -0.163. The molecule has 96 valence electrons. The summed E-state index contributed by atoms with van der Waals surface area (Å²) in [6.07, 6.45) is -0.212. The van der Waals surface area contributed by atoms with E-state index in [9.17, 15) is 14.4 Å². The van der Waals surface area contributed by atoms with Crippen LogP contribution in [-0.2, 0) is 19.1 Å². The van der Waals surface area contributed by atoms with E-state index in [-0.39, 0.29) is 0 Å². The van der Waals surface area contributed by atoms with Crippen LogP contribution in [0.4, 0.5) is 4.79 Å². The molecule has 0 aromatic carbocycles. The van der Waals surface area contributed by atoms with Gasteiger partial charge in [-0.3, -0.25) is 10.1 Å². The number of carbonyl (C=O) groups excluding carboxylic acids is 3. The SMILES string of the molecule is CNC(=O)NC(=O)[C@H](C)OC(=O)[C@@H]1CCCO1. The molecule has 0 spiro atoms. The van der Waals surface area contributed by atoms with Gasteiger partial charge in [0.2, 0.25) is 0 Å². The largest absolute Gasteiger partial charge is 0.451 e. The highest BCUT2D eigenvalue weighted by Crippen LogP contribution is 2.14. The first-order chi connectivity index (χ1) is 8.04. The highest BCUT2D eigenvalue weighted by atomic mass is 16.6. The highest BCUT2D eigenvalue weighted by molar-refractivity contribution is 5.97. The smallest absolute Gasteiger partial charge is 0.336 e. The third-order valence-corrected chi connectivity index (χ3v) is 2.32. The molecule has 1 aliphatic heterocycles. The lowest BCUT2D eigenvalue weighted by Crippen LogP contribution is -2.44. The Morgan fingerprint density at radius 3 is 2.65 bits per heavy atom. The van der Waals surface area contributed by atoms with Crippen LogP contribution in [-0.4, -0.2) is 43.8 Å². The maximum absolute atomic E-state index is 11.5. The second kappa shape index (κ2) is 6.19. The van der Waals surface area contributed by atoms with E-state index in [0.717, 1.165) is 6.42 Å². The van der Waals surface area contributed by atoms with Crippen LogP contribution >= 0.6 is 0 Å². The van der Waals surface area contributed by atoms with Gasteiger partial charge < -0.3 is 14.8 Å². The standard InChI is InChI=1S/C10H16N2O5/c1-6(8(13)12-10(15)11-2)17-9(14)7-4-3-5-16-7/h6-7H,3-5H2,1-2H3,(H2,11,12,13,15)/t6-,7-/m0/s1. The Hall–Kier alpha value is -1.63. The van der Waals surface area contributed by atoms with Crippen molar-refractivity contribution in [2.24, 2.45) is 0 Å². The molecule has 0 bridgehead atoms. The van der Waals surface area contributed by atoms with Crippen LogP contribution in [0.5, 0.6) is 0 Å². The fourth-order valence-corrected chi connectivity index (χ4v) is 1.34. The molecule has 3 amide bonds. The van der Waals surface area contributed by atoms with Gasteiger partial charge in [-0.05, 0) is 19.8 Å². The predicted octanol–water partition coefficient (Wildman–Crippen LogP) is -0.447. The third-order valence-electron chi connectivity index (χ3n) is 2.32. The van der Waals surface area contributed by atoms with Gasteiger partial charge >= 0.3 is 12.0 Å². The monoisotopic (exact) mass is 244 g/mol. The van der Waals surface area contributed by atoms with E-state index < -0.39 is 30.1 Å². The minimum Gasteiger partial charge on any atom is -0.451 e. The van der Waals surface area contributed by atoms with Crippen LogP contribution in [0.25, 0.3) is 0 Å². The van der Waals surface area contributed by atoms with Gasteiger partial charge in [-0.1, -0.05) is 0 Å². The summed E-state index contributed by atoms with van der Waals surface area (Å²) in [5.74, 6) is -1.24. The van der Waals surface area contributed by atoms with Gasteiger partial charge in [0, 0.05) is 13.7 Å². The zero-order valence-electron chi connectivity index (χ0n) is 9.82. The number of esters is 1. The summed E-state index contributed by atoms with van der Waals surface area (Å²) in [5, 5.41) is 4.24. The molecule has 2 N–H and O–H groups in total. The van der Waals surface area contributed by atoms with Crippen LogP contribution in [0, 0.1) is 0 Å². The number of rotatable bonds is 3. The molecule has 1 fully saturated rings. The maximum Gasteiger partial charge on any atom is 0.336 e. The molecule has 0 aliphatic carbocycles. The molecule has 0 saturated carbocycles. The molecule has 0 aromatic rings. The molecule has 0 radical (unpaired) electrons. The van der Waals surface area contributed by atoms with Gasteiger partial charge in [-0.15, -0.1) is 0 Å². The van der Waals surface area contributed by atoms with E-state index in [1.54, 1.807) is 0 Å². The quantitative estimate of drug-likeness (QED) is 0.656. The topological polar surface area (TPSA) is 93.7 Å². The van der Waals surface area contributed by atoms with Crippen molar-refractivity contribution in [1.29, 1.82) is 0 Å². The Morgan fingerprint density at radius 2 is 2.12 bits per heavy atom. The third kappa shape index (κ3) is 4.03. The number of urea groups is 1. The lowest BCUT2D eigenvalue weighted by Gasteiger charge is -2.15. The van der Waals surface area contributed by atoms with Crippen molar-refractivity contribution in [1.82, 2.24) is 10.6 Å². The Balaban J connectivity index is 2.36. The first-order valence-corrected chi connectivity index (χ1v) is 5.39. The molecule has 1 heterocycles. The van der Waals surface area contributed by atoms with Gasteiger partial charge in [-0.25, -0.2) is 9.59 Å². The van der Waals surface area contributed by atoms with Crippen molar-refractivity contribution >= 4 is 17.9 Å². The summed E-state index contributed by atoms with van der Waals surface area (Å²) < 4.78 is 10.00. The second-order valence-electron chi connectivity index (χ2n) is 3.65. The molecule has 17 heavy (non-hydrogen) atoms. The molecule has 0 unspecified atom stereocenters. The normalized spacial score (nSPS) is 20.5. The molecule has 7 heteroatoms. The molecule has 1 aliphatic rings. The number of hydrogen-bond donors (Lipinski definition) is 2. The Morgan fingerprint density at radius 1 is 1.41 bits per heavy atom. The summed E-state index contributed by atoms with van der Waals surface area (Å²) in [7, 11) is 1.38. The first-order valence-electron chi connectivity index (χ1n) is 5.39. The van der Waals surface area contributed by atoms with Crippen LogP contribution in [0.2, 0.25) is 0 Å². The summed E-state index contributed by atoms with van der Waals surface area (Å²) in [5.41, 5.74) is 0. The number of ether oxygens (including phenoxy) is 2. The zero-order chi connectivity index (χ0) is 12.8. The number of nitrogens with one attached hydrogen (secondary N) is 2. The molecular formula is C10H16N2O5. The maximum atomic E-state index is 11.5. The minimum atomic E-state index is -1.02. The highest BCUT2D eigenvalue weighted by Gasteiger charge is 2.28. The predicted molar refractivity (Wildman–Crippen MR) is 57.1 cm³/mol. The van der Waals surface area contributed by atoms with Crippen LogP contribution in [0.1, 0.15) is 19.8 Å². The first kappa shape index (κ1) is 13.4. The molecule has 0 aromatic heterocycles. The summed E-state index contributed by atoms with van der Waals surface area (Å²) in [4.78, 5) is 33.7. The van der Waals surface area contributed by atoms with Crippen molar-refractivity contribution in [2.45, 2.75) is 32.0 Å². The van der Waals surface area contributed by atoms with Crippen molar-refractivity contribution < 1.29 is 23.9 Å². The molecule has 1 saturated heterocycles. The number of imide groups is 1. The second-order valence-corrected chi connectivity index (χ2v) is 3.65. The van der Waals surface area contributed by atoms with Crippen LogP contribution < -0.4 is 10.6 Å². The average molecular weight is 244 g/mol. The van der Waals surface area contributed by atoms with Crippen LogP contribution in [0.15, 0.2) is 0 Å². The van der Waals surface area contributed by atoms with E-state index >= 15 is 0 Å². The van der Waals surface area contributed by atoms with Crippen molar-refractivity contribution in [2.75, 3.05) is 13.7 Å². The van der Waals surface area contributed by atoms with E-state index in [2.05, 4.69) is 5.32 Å². The minimum absolute atomic E-state index is 0.526. The Labute approximate surface area is 98.8 Å². The molecule has 2 atom stereocenters. The van der Waals surface area contributed by atoms with Crippen molar-refractivity contribution in [3.8, 4) is 0 Å². The van der Waals surface area contributed by atoms with E-state index in [0.29, 0.717) is 13.0 Å². The van der Waals surface area contributed by atoms with E-state index in [1.807, 2.05) is 5.32 Å². The van der Waals surface area contributed by atoms with Crippen molar-refractivity contribution in [3.05, 3.63) is 0 Å². The number of hydrogen-bond acceptors (Lipinski definition) is 5. The van der Waals surface area contributed by atoms with Gasteiger partial charge in [0.25, 0.3) is 5.91 Å². The zero-order valence-corrected chi connectivity index (χ0v) is 9.82. The Kier molecular flexibility index (Phi) is 4.89. The number of amides is 3. The fourth-order valence-electron chi connectivity index (χ4n) is 1.34. The summed E-state index contributed by atoms with van der Waals surface area (Å²) in [6.45, 7) is 1.92. The van der Waals surface area contributed by atoms with Crippen LogP contribution in [0.3, 0.4) is 0 Å². The number of carbonyl (C=O) groups is 3. The molecule has 7 nitrogen and oxygen atoms in total. The van der Waals surface area contributed by atoms with Gasteiger partial charge in [0.15, 0.2) is 12.2 Å². The van der Waals surface area contributed by atoms with Crippen molar-refractivity contribution in [3.63, 3.8) is 0 Å². The van der Waals surface area contributed by atoms with Gasteiger partial charge in [0.05, 0.1) is 0 Å². The molecular weight excluding hydrogens is 228 g/mol. The fraction of sp³-hybridized carbons (Fsp3) is 0.700. The average Bonchev–Trinajstić information content (AvgIpc) is 2.82. The summed E-state index contributed by atoms with van der Waals surface area (Å²) in [6, 6.07) is -0.644. The molecule has 1 rings (SSSR count). The Bertz CT molecular complexity index is 312. The lowest BCUT2D eigenvalue weighted by atomic mass is 10.2. The van der Waals surface area contributed by atoms with Gasteiger partial charge in [-0.2, -0.15) is 0 Å². The van der Waals surface area contributed by atoms with Gasteiger partial charge in [0.1, 0.15) is 0 Å². The van der Waals surface area contributed by atoms with E-state index in [4.69, 9.17) is 9.47 Å². The van der Waals surface area contributed by atoms with E-state index in [1.165, 1.54) is 14.0 Å². The summed E-state index contributed by atoms with van der Waals surface area (Å²) >= 11 is 0.